The van der Waals surface area contributed by atoms with E-state index < -0.39 is 12.0 Å². The number of aliphatic carboxylic acids is 1. The van der Waals surface area contributed by atoms with E-state index in [1.54, 1.807) is 0 Å². The van der Waals surface area contributed by atoms with E-state index in [2.05, 4.69) is 5.32 Å². The summed E-state index contributed by atoms with van der Waals surface area (Å²) in [5.41, 5.74) is 0. The number of nitrogens with zero attached hydrogens (tertiary/aromatic N) is 1. The largest absolute Gasteiger partial charge is 0.480 e. The third-order valence-corrected chi connectivity index (χ3v) is 4.29. The smallest absolute Gasteiger partial charge is 0.327 e. The molecule has 2 atom stereocenters. The molecule has 2 amide bonds. The van der Waals surface area contributed by atoms with Gasteiger partial charge in [0.1, 0.15) is 6.04 Å². The van der Waals surface area contributed by atoms with Crippen molar-refractivity contribution in [2.24, 2.45) is 5.92 Å². The van der Waals surface area contributed by atoms with Crippen LogP contribution in [0.5, 0.6) is 0 Å². The highest BCUT2D eigenvalue weighted by Gasteiger charge is 2.34. The molecule has 0 radical (unpaired) electrons. The van der Waals surface area contributed by atoms with Crippen LogP contribution in [0, 0.1) is 5.92 Å². The number of amides is 2. The Morgan fingerprint density at radius 2 is 2.33 bits per heavy atom. The molecule has 2 aliphatic heterocycles. The van der Waals surface area contributed by atoms with Crippen LogP contribution in [-0.4, -0.2) is 59.4 Å². The molecule has 0 aromatic heterocycles. The molecular formula is C11H18N2O4S. The SMILES string of the molecule is O=C(O)C1CSCN1C(=O)NCCC1CCOC1. The summed E-state index contributed by atoms with van der Waals surface area (Å²) in [7, 11) is 0. The lowest BCUT2D eigenvalue weighted by Crippen LogP contribution is -2.47. The van der Waals surface area contributed by atoms with Gasteiger partial charge in [-0.2, -0.15) is 0 Å². The second kappa shape index (κ2) is 6.29. The fourth-order valence-corrected chi connectivity index (χ4v) is 3.29. The number of thioether (sulfide) groups is 1. The summed E-state index contributed by atoms with van der Waals surface area (Å²) >= 11 is 1.47. The Morgan fingerprint density at radius 3 is 3.00 bits per heavy atom. The van der Waals surface area contributed by atoms with Gasteiger partial charge in [-0.3, -0.25) is 0 Å². The second-order valence-corrected chi connectivity index (χ2v) is 5.57. The van der Waals surface area contributed by atoms with E-state index in [0.717, 1.165) is 26.1 Å². The predicted molar refractivity (Wildman–Crippen MR) is 67.5 cm³/mol. The Kier molecular flexibility index (Phi) is 4.71. The molecule has 2 aliphatic rings. The number of carbonyl (C=O) groups excluding carboxylic acids is 1. The number of rotatable bonds is 4. The lowest BCUT2D eigenvalue weighted by atomic mass is 10.1. The quantitative estimate of drug-likeness (QED) is 0.784. The number of hydrogen-bond acceptors (Lipinski definition) is 4. The molecule has 7 heteroatoms. The van der Waals surface area contributed by atoms with Crippen LogP contribution in [0.3, 0.4) is 0 Å². The van der Waals surface area contributed by atoms with Crippen LogP contribution in [0.4, 0.5) is 4.79 Å². The van der Waals surface area contributed by atoms with E-state index in [1.807, 2.05) is 0 Å². The Bertz CT molecular complexity index is 320. The van der Waals surface area contributed by atoms with Gasteiger partial charge in [0.2, 0.25) is 0 Å². The van der Waals surface area contributed by atoms with Crippen LogP contribution in [0.2, 0.25) is 0 Å². The highest BCUT2D eigenvalue weighted by atomic mass is 32.2. The molecule has 2 rings (SSSR count). The molecule has 2 saturated heterocycles. The van der Waals surface area contributed by atoms with Crippen molar-refractivity contribution in [1.29, 1.82) is 0 Å². The molecule has 0 aromatic rings. The van der Waals surface area contributed by atoms with Gasteiger partial charge >= 0.3 is 12.0 Å². The minimum Gasteiger partial charge on any atom is -0.480 e. The molecule has 18 heavy (non-hydrogen) atoms. The lowest BCUT2D eigenvalue weighted by molar-refractivity contribution is -0.140. The van der Waals surface area contributed by atoms with Crippen molar-refractivity contribution >= 4 is 23.8 Å². The fourth-order valence-electron chi connectivity index (χ4n) is 2.14. The summed E-state index contributed by atoms with van der Waals surface area (Å²) in [6.45, 7) is 2.16. The summed E-state index contributed by atoms with van der Waals surface area (Å²) in [5.74, 6) is 0.516. The Labute approximate surface area is 110 Å². The van der Waals surface area contributed by atoms with Crippen molar-refractivity contribution < 1.29 is 19.4 Å². The van der Waals surface area contributed by atoms with Crippen LogP contribution in [-0.2, 0) is 9.53 Å². The van der Waals surface area contributed by atoms with Crippen LogP contribution >= 0.6 is 11.8 Å². The van der Waals surface area contributed by atoms with E-state index in [0.29, 0.717) is 24.1 Å². The molecule has 0 bridgehead atoms. The molecule has 6 nitrogen and oxygen atoms in total. The average molecular weight is 274 g/mol. The first kappa shape index (κ1) is 13.5. The minimum absolute atomic E-state index is 0.272. The van der Waals surface area contributed by atoms with E-state index in [-0.39, 0.29) is 6.03 Å². The summed E-state index contributed by atoms with van der Waals surface area (Å²) in [6.07, 6.45) is 1.94. The zero-order valence-electron chi connectivity index (χ0n) is 10.1. The van der Waals surface area contributed by atoms with Gasteiger partial charge in [-0.1, -0.05) is 0 Å². The standard InChI is InChI=1S/C11H18N2O4S/c14-10(15)9-6-18-7-13(9)11(16)12-3-1-8-2-4-17-5-8/h8-9H,1-7H2,(H,12,16)(H,14,15). The van der Waals surface area contributed by atoms with Gasteiger partial charge in [0.05, 0.1) is 5.88 Å². The highest BCUT2D eigenvalue weighted by molar-refractivity contribution is 7.99. The van der Waals surface area contributed by atoms with Gasteiger partial charge in [0, 0.05) is 25.5 Å². The highest BCUT2D eigenvalue weighted by Crippen LogP contribution is 2.21. The van der Waals surface area contributed by atoms with Gasteiger partial charge in [0.15, 0.2) is 0 Å². The van der Waals surface area contributed by atoms with Crippen LogP contribution in [0.25, 0.3) is 0 Å². The van der Waals surface area contributed by atoms with Gasteiger partial charge in [-0.05, 0) is 18.8 Å². The number of urea groups is 1. The summed E-state index contributed by atoms with van der Waals surface area (Å²) in [5, 5.41) is 11.8. The lowest BCUT2D eigenvalue weighted by Gasteiger charge is -2.21. The van der Waals surface area contributed by atoms with E-state index >= 15 is 0 Å². The third-order valence-electron chi connectivity index (χ3n) is 3.28. The van der Waals surface area contributed by atoms with Crippen molar-refractivity contribution in [3.63, 3.8) is 0 Å². The zero-order valence-corrected chi connectivity index (χ0v) is 10.9. The average Bonchev–Trinajstić information content (AvgIpc) is 2.99. The molecule has 2 fully saturated rings. The molecule has 2 heterocycles. The van der Waals surface area contributed by atoms with Crippen molar-refractivity contribution in [3.8, 4) is 0 Å². The number of hydrogen-bond donors (Lipinski definition) is 2. The summed E-state index contributed by atoms with van der Waals surface area (Å²) in [4.78, 5) is 24.2. The number of ether oxygens (including phenoxy) is 1. The first-order valence-electron chi connectivity index (χ1n) is 6.11. The Balaban J connectivity index is 1.71. The minimum atomic E-state index is -0.931. The maximum atomic E-state index is 11.8. The fraction of sp³-hybridized carbons (Fsp3) is 0.818. The second-order valence-electron chi connectivity index (χ2n) is 4.57. The van der Waals surface area contributed by atoms with Crippen molar-refractivity contribution in [3.05, 3.63) is 0 Å². The van der Waals surface area contributed by atoms with E-state index in [1.165, 1.54) is 16.7 Å². The molecule has 102 valence electrons. The van der Waals surface area contributed by atoms with Gasteiger partial charge < -0.3 is 20.1 Å². The van der Waals surface area contributed by atoms with E-state index in [4.69, 9.17) is 9.84 Å². The topological polar surface area (TPSA) is 78.9 Å². The Hall–Kier alpha value is -0.950. The molecule has 0 saturated carbocycles. The van der Waals surface area contributed by atoms with Crippen LogP contribution in [0.15, 0.2) is 0 Å². The molecular weight excluding hydrogens is 256 g/mol. The maximum Gasteiger partial charge on any atom is 0.327 e. The normalized spacial score (nSPS) is 27.4. The van der Waals surface area contributed by atoms with Crippen LogP contribution in [0.1, 0.15) is 12.8 Å². The number of nitrogens with one attached hydrogen (secondary N) is 1. The van der Waals surface area contributed by atoms with Gasteiger partial charge in [-0.15, -0.1) is 11.8 Å². The van der Waals surface area contributed by atoms with Crippen molar-refractivity contribution in [2.45, 2.75) is 18.9 Å². The monoisotopic (exact) mass is 274 g/mol. The first-order valence-corrected chi connectivity index (χ1v) is 7.26. The molecule has 0 aliphatic carbocycles. The Morgan fingerprint density at radius 1 is 1.50 bits per heavy atom. The van der Waals surface area contributed by atoms with Crippen molar-refractivity contribution in [2.75, 3.05) is 31.4 Å². The van der Waals surface area contributed by atoms with E-state index in [9.17, 15) is 9.59 Å². The summed E-state index contributed by atoms with van der Waals surface area (Å²) < 4.78 is 5.26. The maximum absolute atomic E-state index is 11.8. The zero-order chi connectivity index (χ0) is 13.0. The third kappa shape index (κ3) is 3.29. The molecule has 2 N–H and O–H groups in total. The molecule has 0 aromatic carbocycles. The number of carboxylic acids is 1. The van der Waals surface area contributed by atoms with Gasteiger partial charge in [-0.25, -0.2) is 9.59 Å². The van der Waals surface area contributed by atoms with Crippen LogP contribution < -0.4 is 5.32 Å². The number of carbonyl (C=O) groups is 2. The van der Waals surface area contributed by atoms with Gasteiger partial charge in [0.25, 0.3) is 0 Å². The van der Waals surface area contributed by atoms with Crippen molar-refractivity contribution in [1.82, 2.24) is 10.2 Å². The predicted octanol–water partition coefficient (Wildman–Crippen LogP) is 0.582. The molecule has 2 unspecified atom stereocenters. The number of carboxylic acid groups (broad SMARTS) is 1. The molecule has 0 spiro atoms. The summed E-state index contributed by atoms with van der Waals surface area (Å²) in [6, 6.07) is -0.962. The first-order chi connectivity index (χ1) is 8.68.